The van der Waals surface area contributed by atoms with Gasteiger partial charge in [-0.2, -0.15) is 0 Å². The Morgan fingerprint density at radius 3 is 2.61 bits per heavy atom. The van der Waals surface area contributed by atoms with E-state index in [0.29, 0.717) is 16.5 Å². The molecule has 0 saturated carbocycles. The first-order chi connectivity index (χ1) is 13.5. The Bertz CT molecular complexity index is 1290. The predicted molar refractivity (Wildman–Crippen MR) is 102 cm³/mol. The van der Waals surface area contributed by atoms with Crippen molar-refractivity contribution in [3.63, 3.8) is 0 Å². The average Bonchev–Trinajstić information content (AvgIpc) is 2.71. The minimum absolute atomic E-state index is 0.148. The Hall–Kier alpha value is -4.00. The summed E-state index contributed by atoms with van der Waals surface area (Å²) in [5.74, 6) is -0.839. The van der Waals surface area contributed by atoms with Gasteiger partial charge in [-0.15, -0.1) is 0 Å². The minimum Gasteiger partial charge on any atom is -0.457 e. The van der Waals surface area contributed by atoms with Crippen LogP contribution in [0.2, 0.25) is 0 Å². The van der Waals surface area contributed by atoms with Gasteiger partial charge in [0, 0.05) is 23.1 Å². The molecule has 3 aromatic carbocycles. The zero-order valence-corrected chi connectivity index (χ0v) is 14.5. The highest BCUT2D eigenvalue weighted by Gasteiger charge is 2.21. The zero-order valence-electron chi connectivity index (χ0n) is 14.5. The smallest absolute Gasteiger partial charge is 0.345 e. The molecule has 28 heavy (non-hydrogen) atoms. The molecule has 0 atom stereocenters. The number of carbonyl (C=O) groups is 1. The average molecular weight is 375 g/mol. The number of ether oxygens (including phenoxy) is 1. The van der Waals surface area contributed by atoms with Crippen LogP contribution < -0.4 is 5.63 Å². The number of nitrogens with zero attached hydrogens (tertiary/aromatic N) is 1. The van der Waals surface area contributed by atoms with Crippen molar-refractivity contribution in [1.82, 2.24) is 0 Å². The Kier molecular flexibility index (Phi) is 4.33. The van der Waals surface area contributed by atoms with Crippen molar-refractivity contribution < 1.29 is 18.9 Å². The SMILES string of the molecule is O=C(OCc1cc(=O)oc2ccc3ccccc3c12)c1ccccc1[N+](=O)[O-]. The van der Waals surface area contributed by atoms with Crippen LogP contribution in [0.5, 0.6) is 0 Å². The van der Waals surface area contributed by atoms with Gasteiger partial charge < -0.3 is 9.15 Å². The third-order valence-electron chi connectivity index (χ3n) is 4.39. The molecule has 0 aliphatic carbocycles. The van der Waals surface area contributed by atoms with Crippen molar-refractivity contribution in [1.29, 1.82) is 0 Å². The summed E-state index contributed by atoms with van der Waals surface area (Å²) in [6.45, 7) is -0.221. The summed E-state index contributed by atoms with van der Waals surface area (Å²) in [5, 5.41) is 13.6. The van der Waals surface area contributed by atoms with Gasteiger partial charge in [-0.3, -0.25) is 10.1 Å². The van der Waals surface area contributed by atoms with Crippen molar-refractivity contribution in [3.05, 3.63) is 98.4 Å². The van der Waals surface area contributed by atoms with Gasteiger partial charge in [0.15, 0.2) is 0 Å². The normalized spacial score (nSPS) is 10.9. The lowest BCUT2D eigenvalue weighted by atomic mass is 10.0. The number of benzene rings is 3. The highest BCUT2D eigenvalue weighted by Crippen LogP contribution is 2.28. The summed E-state index contributed by atoms with van der Waals surface area (Å²) in [4.78, 5) is 34.8. The van der Waals surface area contributed by atoms with E-state index in [2.05, 4.69) is 0 Å². The third kappa shape index (κ3) is 3.09. The van der Waals surface area contributed by atoms with Gasteiger partial charge in [0.05, 0.1) is 4.92 Å². The van der Waals surface area contributed by atoms with Crippen LogP contribution in [0.3, 0.4) is 0 Å². The Morgan fingerprint density at radius 1 is 1.04 bits per heavy atom. The Labute approximate surface area is 157 Å². The molecule has 0 saturated heterocycles. The van der Waals surface area contributed by atoms with Crippen LogP contribution in [0.25, 0.3) is 21.7 Å². The van der Waals surface area contributed by atoms with Crippen molar-refractivity contribution >= 4 is 33.4 Å². The predicted octanol–water partition coefficient (Wildman–Crippen LogP) is 4.21. The van der Waals surface area contributed by atoms with E-state index < -0.39 is 16.5 Å². The van der Waals surface area contributed by atoms with Crippen LogP contribution in [-0.4, -0.2) is 10.9 Å². The van der Waals surface area contributed by atoms with Gasteiger partial charge >= 0.3 is 11.6 Å². The van der Waals surface area contributed by atoms with Crippen molar-refractivity contribution in [2.75, 3.05) is 0 Å². The number of para-hydroxylation sites is 1. The molecule has 0 fully saturated rings. The van der Waals surface area contributed by atoms with E-state index in [4.69, 9.17) is 9.15 Å². The molecule has 0 aliphatic heterocycles. The van der Waals surface area contributed by atoms with Crippen LogP contribution in [0.15, 0.2) is 75.9 Å². The topological polar surface area (TPSA) is 99.7 Å². The molecule has 0 unspecified atom stereocenters. The maximum atomic E-state index is 12.4. The second kappa shape index (κ2) is 6.96. The quantitative estimate of drug-likeness (QED) is 0.174. The number of fused-ring (bicyclic) bond motifs is 3. The molecule has 0 radical (unpaired) electrons. The number of nitro groups is 1. The van der Waals surface area contributed by atoms with Crippen molar-refractivity contribution in [3.8, 4) is 0 Å². The van der Waals surface area contributed by atoms with E-state index in [9.17, 15) is 19.7 Å². The lowest BCUT2D eigenvalue weighted by Crippen LogP contribution is -2.10. The number of hydrogen-bond donors (Lipinski definition) is 0. The Morgan fingerprint density at radius 2 is 1.79 bits per heavy atom. The van der Waals surface area contributed by atoms with Crippen molar-refractivity contribution in [2.45, 2.75) is 6.61 Å². The third-order valence-corrected chi connectivity index (χ3v) is 4.39. The molecule has 0 bridgehead atoms. The van der Waals surface area contributed by atoms with Gasteiger partial charge in [0.1, 0.15) is 17.8 Å². The van der Waals surface area contributed by atoms with Crippen LogP contribution in [0.4, 0.5) is 5.69 Å². The summed E-state index contributed by atoms with van der Waals surface area (Å²) in [6.07, 6.45) is 0. The molecule has 0 spiro atoms. The number of carbonyl (C=O) groups excluding carboxylic acids is 1. The Balaban J connectivity index is 1.74. The van der Waals surface area contributed by atoms with Crippen LogP contribution in [0.1, 0.15) is 15.9 Å². The highest BCUT2D eigenvalue weighted by atomic mass is 16.6. The maximum absolute atomic E-state index is 12.4. The van der Waals surface area contributed by atoms with Gasteiger partial charge in [-0.1, -0.05) is 42.5 Å². The summed E-state index contributed by atoms with van der Waals surface area (Å²) in [7, 11) is 0. The monoisotopic (exact) mass is 375 g/mol. The fourth-order valence-electron chi connectivity index (χ4n) is 3.16. The summed E-state index contributed by atoms with van der Waals surface area (Å²) >= 11 is 0. The van der Waals surface area contributed by atoms with Crippen LogP contribution in [0, 0.1) is 10.1 Å². The second-order valence-electron chi connectivity index (χ2n) is 6.10. The van der Waals surface area contributed by atoms with E-state index in [1.807, 2.05) is 30.3 Å². The summed E-state index contributed by atoms with van der Waals surface area (Å²) < 4.78 is 10.6. The standard InChI is InChI=1S/C21H13NO6/c23-19-11-14(12-27-21(24)16-7-3-4-8-17(16)22(25)26)20-15-6-2-1-5-13(15)9-10-18(20)28-19/h1-11H,12H2. The van der Waals surface area contributed by atoms with Crippen LogP contribution in [-0.2, 0) is 11.3 Å². The molecule has 0 aliphatic rings. The first-order valence-electron chi connectivity index (χ1n) is 8.39. The molecule has 0 N–H and O–H groups in total. The molecule has 1 aromatic heterocycles. The first-order valence-corrected chi connectivity index (χ1v) is 8.39. The number of nitro benzene ring substituents is 1. The van der Waals surface area contributed by atoms with Gasteiger partial charge in [-0.05, 0) is 22.9 Å². The molecular formula is C21H13NO6. The maximum Gasteiger partial charge on any atom is 0.345 e. The highest BCUT2D eigenvalue weighted by molar-refractivity contribution is 6.07. The van der Waals surface area contributed by atoms with Crippen LogP contribution >= 0.6 is 0 Å². The van der Waals surface area contributed by atoms with Gasteiger partial charge in [0.25, 0.3) is 5.69 Å². The largest absolute Gasteiger partial charge is 0.457 e. The van der Waals surface area contributed by atoms with E-state index >= 15 is 0 Å². The first kappa shape index (κ1) is 17.4. The molecule has 1 heterocycles. The van der Waals surface area contributed by atoms with E-state index in [-0.39, 0.29) is 17.9 Å². The second-order valence-corrected chi connectivity index (χ2v) is 6.10. The molecule has 7 nitrogen and oxygen atoms in total. The number of hydrogen-bond acceptors (Lipinski definition) is 6. The molecular weight excluding hydrogens is 362 g/mol. The van der Waals surface area contributed by atoms with E-state index in [1.54, 1.807) is 6.07 Å². The summed E-state index contributed by atoms with van der Waals surface area (Å²) in [5.41, 5.74) is -0.211. The minimum atomic E-state index is -0.839. The zero-order chi connectivity index (χ0) is 19.7. The fraction of sp³-hybridized carbons (Fsp3) is 0.0476. The molecule has 4 aromatic rings. The van der Waals surface area contributed by atoms with Gasteiger partial charge in [0.2, 0.25) is 0 Å². The lowest BCUT2D eigenvalue weighted by molar-refractivity contribution is -0.385. The molecule has 0 amide bonds. The molecule has 4 rings (SSSR count). The number of rotatable bonds is 4. The molecule has 7 heteroatoms. The van der Waals surface area contributed by atoms with E-state index in [1.165, 1.54) is 30.3 Å². The van der Waals surface area contributed by atoms with Gasteiger partial charge in [-0.25, -0.2) is 9.59 Å². The summed E-state index contributed by atoms with van der Waals surface area (Å²) in [6, 6.07) is 17.9. The number of esters is 1. The lowest BCUT2D eigenvalue weighted by Gasteiger charge is -2.10. The van der Waals surface area contributed by atoms with E-state index in [0.717, 1.165) is 10.8 Å². The fourth-order valence-corrected chi connectivity index (χ4v) is 3.16. The van der Waals surface area contributed by atoms with Crippen molar-refractivity contribution in [2.24, 2.45) is 0 Å². The molecule has 138 valence electrons.